The summed E-state index contributed by atoms with van der Waals surface area (Å²) < 4.78 is 0. The number of imide groups is 1. The molecular weight excluding hydrogens is 326 g/mol. The molecule has 6 rings (SSSR count). The smallest absolute Gasteiger partial charge is 0.238 e. The van der Waals surface area contributed by atoms with Gasteiger partial charge >= 0.3 is 0 Å². The van der Waals surface area contributed by atoms with E-state index in [0.29, 0.717) is 12.1 Å². The van der Waals surface area contributed by atoms with Crippen molar-refractivity contribution in [3.8, 4) is 0 Å². The molecule has 4 aliphatic rings. The molecule has 1 heterocycles. The van der Waals surface area contributed by atoms with Gasteiger partial charge < -0.3 is 0 Å². The number of nitrogens with zero attached hydrogens (tertiary/aromatic N) is 1. The number of rotatable bonds is 1. The summed E-state index contributed by atoms with van der Waals surface area (Å²) >= 11 is 0. The van der Waals surface area contributed by atoms with Crippen molar-refractivity contribution in [3.05, 3.63) is 64.7 Å². The molecule has 1 saturated heterocycles. The van der Waals surface area contributed by atoms with E-state index in [1.54, 1.807) is 0 Å². The SMILES string of the molecule is Cc1ccc(N2C(=O)[C@@H]3[C@H](C2=O)[C@H]2C(=O)C[C@H]3c3ccccc32)cc1C. The van der Waals surface area contributed by atoms with E-state index in [9.17, 15) is 14.4 Å². The highest BCUT2D eigenvalue weighted by atomic mass is 16.2. The Morgan fingerprint density at radius 3 is 2.27 bits per heavy atom. The van der Waals surface area contributed by atoms with Gasteiger partial charge in [0.25, 0.3) is 0 Å². The van der Waals surface area contributed by atoms with Crippen LogP contribution in [0.4, 0.5) is 5.69 Å². The predicted octanol–water partition coefficient (Wildman–Crippen LogP) is 3.26. The zero-order valence-corrected chi connectivity index (χ0v) is 14.7. The minimum absolute atomic E-state index is 0.0954. The molecule has 0 aromatic heterocycles. The van der Waals surface area contributed by atoms with Crippen molar-refractivity contribution in [2.45, 2.75) is 32.1 Å². The summed E-state index contributed by atoms with van der Waals surface area (Å²) in [6.45, 7) is 3.97. The topological polar surface area (TPSA) is 54.5 Å². The third-order valence-electron chi connectivity index (χ3n) is 6.44. The van der Waals surface area contributed by atoms with E-state index in [2.05, 4.69) is 0 Å². The maximum atomic E-state index is 13.2. The molecule has 1 aliphatic heterocycles. The Labute approximate surface area is 151 Å². The Morgan fingerprint density at radius 1 is 0.846 bits per heavy atom. The fourth-order valence-electron chi connectivity index (χ4n) is 5.08. The van der Waals surface area contributed by atoms with Crippen LogP contribution in [0.1, 0.15) is 40.5 Å². The van der Waals surface area contributed by atoms with Gasteiger partial charge in [0.15, 0.2) is 0 Å². The van der Waals surface area contributed by atoms with Crippen LogP contribution in [0.3, 0.4) is 0 Å². The number of anilines is 1. The summed E-state index contributed by atoms with van der Waals surface area (Å²) in [6, 6.07) is 13.4. The fourth-order valence-corrected chi connectivity index (χ4v) is 5.08. The van der Waals surface area contributed by atoms with Gasteiger partial charge in [-0.05, 0) is 48.2 Å². The summed E-state index contributed by atoms with van der Waals surface area (Å²) in [5.41, 5.74) is 4.79. The van der Waals surface area contributed by atoms with Gasteiger partial charge in [0.1, 0.15) is 5.78 Å². The number of carbonyl (C=O) groups excluding carboxylic acids is 3. The van der Waals surface area contributed by atoms with Crippen molar-refractivity contribution in [2.75, 3.05) is 4.90 Å². The number of benzene rings is 2. The average molecular weight is 345 g/mol. The summed E-state index contributed by atoms with van der Waals surface area (Å²) in [7, 11) is 0. The molecular formula is C22H19NO3. The zero-order valence-electron chi connectivity index (χ0n) is 14.7. The Kier molecular flexibility index (Phi) is 3.06. The minimum atomic E-state index is -0.551. The molecule has 2 fully saturated rings. The molecule has 4 heteroatoms. The quantitative estimate of drug-likeness (QED) is 0.746. The largest absolute Gasteiger partial charge is 0.299 e. The molecule has 2 amide bonds. The third-order valence-corrected chi connectivity index (χ3v) is 6.44. The van der Waals surface area contributed by atoms with Crippen LogP contribution in [-0.4, -0.2) is 17.6 Å². The van der Waals surface area contributed by atoms with Crippen LogP contribution in [-0.2, 0) is 14.4 Å². The molecule has 0 radical (unpaired) electrons. The van der Waals surface area contributed by atoms with Crippen molar-refractivity contribution in [1.82, 2.24) is 0 Å². The van der Waals surface area contributed by atoms with E-state index >= 15 is 0 Å². The molecule has 0 N–H and O–H groups in total. The maximum Gasteiger partial charge on any atom is 0.238 e. The van der Waals surface area contributed by atoms with Crippen LogP contribution in [0.15, 0.2) is 42.5 Å². The normalized spacial score (nSPS) is 29.2. The van der Waals surface area contributed by atoms with Crippen LogP contribution in [0.5, 0.6) is 0 Å². The van der Waals surface area contributed by atoms with Gasteiger partial charge in [-0.3, -0.25) is 14.4 Å². The van der Waals surface area contributed by atoms with E-state index in [1.807, 2.05) is 56.3 Å². The summed E-state index contributed by atoms with van der Waals surface area (Å²) in [5, 5.41) is 0. The molecule has 0 spiro atoms. The zero-order chi connectivity index (χ0) is 18.2. The van der Waals surface area contributed by atoms with E-state index in [4.69, 9.17) is 0 Å². The number of Topliss-reactive ketones (excluding diaryl/α,β-unsaturated/α-hetero) is 1. The van der Waals surface area contributed by atoms with Gasteiger partial charge in [-0.15, -0.1) is 0 Å². The van der Waals surface area contributed by atoms with E-state index in [1.165, 1.54) is 4.90 Å². The standard InChI is InChI=1S/C22H19NO3/c1-11-7-8-13(9-12(11)2)23-21(25)19-16-10-17(24)18(20(19)22(23)26)15-6-4-3-5-14(15)16/h3-9,16,18-20H,10H2,1-2H3/t16-,18+,19-,20+/m0/s1. The Morgan fingerprint density at radius 2 is 1.54 bits per heavy atom. The molecule has 4 nitrogen and oxygen atoms in total. The monoisotopic (exact) mass is 345 g/mol. The Balaban J connectivity index is 1.65. The first kappa shape index (κ1) is 15.5. The van der Waals surface area contributed by atoms with Crippen molar-refractivity contribution < 1.29 is 14.4 Å². The minimum Gasteiger partial charge on any atom is -0.299 e. The Hall–Kier alpha value is -2.75. The van der Waals surface area contributed by atoms with Crippen LogP contribution in [0.2, 0.25) is 0 Å². The first-order valence-corrected chi connectivity index (χ1v) is 9.05. The van der Waals surface area contributed by atoms with Crippen molar-refractivity contribution in [1.29, 1.82) is 0 Å². The van der Waals surface area contributed by atoms with Gasteiger partial charge in [-0.1, -0.05) is 30.3 Å². The molecule has 3 aliphatic carbocycles. The van der Waals surface area contributed by atoms with Gasteiger partial charge in [0.05, 0.1) is 23.4 Å². The third kappa shape index (κ3) is 1.82. The number of carbonyl (C=O) groups is 3. The first-order valence-electron chi connectivity index (χ1n) is 9.05. The molecule has 2 aromatic rings. The second kappa shape index (κ2) is 5.13. The molecule has 2 bridgehead atoms. The van der Waals surface area contributed by atoms with Gasteiger partial charge in [-0.2, -0.15) is 0 Å². The molecule has 2 aromatic carbocycles. The van der Waals surface area contributed by atoms with Gasteiger partial charge in [0.2, 0.25) is 11.8 Å². The van der Waals surface area contributed by atoms with Crippen LogP contribution in [0, 0.1) is 25.7 Å². The maximum absolute atomic E-state index is 13.2. The lowest BCUT2D eigenvalue weighted by atomic mass is 9.56. The molecule has 26 heavy (non-hydrogen) atoms. The van der Waals surface area contributed by atoms with Gasteiger partial charge in [-0.25, -0.2) is 4.90 Å². The number of ketones is 1. The number of aryl methyl sites for hydroxylation is 2. The van der Waals surface area contributed by atoms with Crippen molar-refractivity contribution in [3.63, 3.8) is 0 Å². The predicted molar refractivity (Wildman–Crippen MR) is 96.9 cm³/mol. The van der Waals surface area contributed by atoms with Gasteiger partial charge in [0, 0.05) is 12.3 Å². The Bertz CT molecular complexity index is 993. The van der Waals surface area contributed by atoms with Crippen molar-refractivity contribution in [2.24, 2.45) is 11.8 Å². The highest BCUT2D eigenvalue weighted by Crippen LogP contribution is 2.57. The lowest BCUT2D eigenvalue weighted by Crippen LogP contribution is -2.44. The van der Waals surface area contributed by atoms with Crippen molar-refractivity contribution >= 4 is 23.3 Å². The summed E-state index contributed by atoms with van der Waals surface area (Å²) in [4.78, 5) is 40.5. The number of hydrogen-bond acceptors (Lipinski definition) is 3. The van der Waals surface area contributed by atoms with E-state index in [0.717, 1.165) is 22.3 Å². The highest BCUT2D eigenvalue weighted by Gasteiger charge is 2.62. The van der Waals surface area contributed by atoms with Crippen LogP contribution >= 0.6 is 0 Å². The molecule has 130 valence electrons. The van der Waals surface area contributed by atoms with Crippen LogP contribution < -0.4 is 4.90 Å². The fraction of sp³-hybridized carbons (Fsp3) is 0.318. The lowest BCUT2D eigenvalue weighted by molar-refractivity contribution is -0.134. The first-order chi connectivity index (χ1) is 12.5. The van der Waals surface area contributed by atoms with E-state index < -0.39 is 17.8 Å². The lowest BCUT2D eigenvalue weighted by Gasteiger charge is -2.43. The second-order valence-corrected chi connectivity index (χ2v) is 7.72. The summed E-state index contributed by atoms with van der Waals surface area (Å²) in [5.74, 6) is -1.90. The van der Waals surface area contributed by atoms with Crippen LogP contribution in [0.25, 0.3) is 0 Å². The molecule has 1 saturated carbocycles. The molecule has 4 atom stereocenters. The summed E-state index contributed by atoms with van der Waals surface area (Å²) in [6.07, 6.45) is 0.364. The number of hydrogen-bond donors (Lipinski definition) is 0. The highest BCUT2D eigenvalue weighted by molar-refractivity contribution is 6.24. The molecule has 0 unspecified atom stereocenters. The average Bonchev–Trinajstić information content (AvgIpc) is 2.90. The second-order valence-electron chi connectivity index (χ2n) is 7.72. The van der Waals surface area contributed by atoms with E-state index in [-0.39, 0.29) is 23.5 Å². The number of fused-ring (bicyclic) bond motifs is 1. The number of amides is 2.